The molecule has 1 heterocycles. The average Bonchev–Trinajstić information content (AvgIpc) is 2.76. The Labute approximate surface area is 103 Å². The van der Waals surface area contributed by atoms with Crippen LogP contribution in [-0.4, -0.2) is 9.91 Å². The van der Waals surface area contributed by atoms with Crippen LogP contribution in [0.25, 0.3) is 21.8 Å². The quantitative estimate of drug-likeness (QED) is 0.547. The summed E-state index contributed by atoms with van der Waals surface area (Å²) in [5, 5.41) is 12.8. The van der Waals surface area contributed by atoms with E-state index in [-0.39, 0.29) is 10.6 Å². The first-order valence-electron chi connectivity index (χ1n) is 5.88. The number of benzene rings is 2. The second-order valence-corrected chi connectivity index (χ2v) is 4.31. The Hall–Kier alpha value is -2.36. The fourth-order valence-corrected chi connectivity index (χ4v) is 2.38. The molecule has 4 heteroatoms. The molecular weight excluding hydrogens is 228 g/mol. The van der Waals surface area contributed by atoms with Gasteiger partial charge < -0.3 is 4.98 Å². The number of rotatable bonds is 2. The van der Waals surface area contributed by atoms with Crippen LogP contribution < -0.4 is 0 Å². The van der Waals surface area contributed by atoms with Crippen molar-refractivity contribution in [1.82, 2.24) is 4.98 Å². The highest BCUT2D eigenvalue weighted by Gasteiger charge is 2.11. The molecule has 0 aliphatic rings. The van der Waals surface area contributed by atoms with Crippen molar-refractivity contribution < 1.29 is 4.92 Å². The lowest BCUT2D eigenvalue weighted by molar-refractivity contribution is -0.384. The van der Waals surface area contributed by atoms with E-state index in [9.17, 15) is 10.1 Å². The van der Waals surface area contributed by atoms with E-state index < -0.39 is 0 Å². The Morgan fingerprint density at radius 2 is 2.06 bits per heavy atom. The molecule has 0 atom stereocenters. The summed E-state index contributed by atoms with van der Waals surface area (Å²) in [4.78, 5) is 13.8. The molecule has 0 amide bonds. The first-order valence-corrected chi connectivity index (χ1v) is 5.88. The molecule has 0 saturated carbocycles. The van der Waals surface area contributed by atoms with Crippen molar-refractivity contribution in [1.29, 1.82) is 0 Å². The minimum atomic E-state index is -0.359. The van der Waals surface area contributed by atoms with E-state index in [1.54, 1.807) is 12.1 Å². The van der Waals surface area contributed by atoms with Gasteiger partial charge in [0.2, 0.25) is 0 Å². The summed E-state index contributed by atoms with van der Waals surface area (Å²) >= 11 is 0. The summed E-state index contributed by atoms with van der Waals surface area (Å²) in [6.07, 6.45) is 0.937. The van der Waals surface area contributed by atoms with Gasteiger partial charge in [0, 0.05) is 33.9 Å². The van der Waals surface area contributed by atoms with Crippen LogP contribution in [0.3, 0.4) is 0 Å². The molecule has 90 valence electrons. The number of non-ortho nitro benzene ring substituents is 1. The summed E-state index contributed by atoms with van der Waals surface area (Å²) in [6, 6.07) is 11.0. The molecule has 0 bridgehead atoms. The SMILES string of the molecule is CCc1cccc2c1[nH]c1ccc([N+](=O)[O-])cc12. The highest BCUT2D eigenvalue weighted by Crippen LogP contribution is 2.30. The smallest absolute Gasteiger partial charge is 0.270 e. The summed E-state index contributed by atoms with van der Waals surface area (Å²) in [6.45, 7) is 2.10. The van der Waals surface area contributed by atoms with Crippen LogP contribution in [0.4, 0.5) is 5.69 Å². The van der Waals surface area contributed by atoms with Crippen molar-refractivity contribution >= 4 is 27.5 Å². The van der Waals surface area contributed by atoms with Crippen LogP contribution in [0.1, 0.15) is 12.5 Å². The van der Waals surface area contributed by atoms with Crippen molar-refractivity contribution in [2.45, 2.75) is 13.3 Å². The molecule has 1 N–H and O–H groups in total. The predicted molar refractivity (Wildman–Crippen MR) is 71.8 cm³/mol. The molecule has 0 aliphatic heterocycles. The topological polar surface area (TPSA) is 58.9 Å². The maximum absolute atomic E-state index is 10.8. The van der Waals surface area contributed by atoms with Gasteiger partial charge in [-0.15, -0.1) is 0 Å². The van der Waals surface area contributed by atoms with Crippen LogP contribution in [0.5, 0.6) is 0 Å². The number of aromatic amines is 1. The van der Waals surface area contributed by atoms with E-state index in [1.807, 2.05) is 12.1 Å². The normalized spacial score (nSPS) is 11.2. The van der Waals surface area contributed by atoms with Gasteiger partial charge in [-0.2, -0.15) is 0 Å². The first-order chi connectivity index (χ1) is 8.70. The van der Waals surface area contributed by atoms with Crippen LogP contribution >= 0.6 is 0 Å². The molecule has 4 nitrogen and oxygen atoms in total. The predicted octanol–water partition coefficient (Wildman–Crippen LogP) is 3.79. The number of H-pyrrole nitrogens is 1. The van der Waals surface area contributed by atoms with Crippen molar-refractivity contribution in [3.05, 3.63) is 52.1 Å². The fourth-order valence-electron chi connectivity index (χ4n) is 2.38. The van der Waals surface area contributed by atoms with E-state index in [1.165, 1.54) is 11.6 Å². The average molecular weight is 240 g/mol. The molecule has 2 aromatic carbocycles. The van der Waals surface area contributed by atoms with Gasteiger partial charge in [0.15, 0.2) is 0 Å². The van der Waals surface area contributed by atoms with Crippen molar-refractivity contribution in [2.75, 3.05) is 0 Å². The lowest BCUT2D eigenvalue weighted by Crippen LogP contribution is -1.86. The van der Waals surface area contributed by atoms with Crippen LogP contribution in [-0.2, 0) is 6.42 Å². The van der Waals surface area contributed by atoms with Gasteiger partial charge in [0.25, 0.3) is 5.69 Å². The molecule has 3 rings (SSSR count). The Bertz CT molecular complexity index is 759. The number of aromatic nitrogens is 1. The molecule has 3 aromatic rings. The number of para-hydroxylation sites is 1. The summed E-state index contributed by atoms with van der Waals surface area (Å²) in [7, 11) is 0. The molecular formula is C14H12N2O2. The summed E-state index contributed by atoms with van der Waals surface area (Å²) in [5.74, 6) is 0. The van der Waals surface area contributed by atoms with Gasteiger partial charge in [-0.1, -0.05) is 25.1 Å². The van der Waals surface area contributed by atoms with E-state index >= 15 is 0 Å². The lowest BCUT2D eigenvalue weighted by Gasteiger charge is -1.97. The highest BCUT2D eigenvalue weighted by atomic mass is 16.6. The number of aryl methyl sites for hydroxylation is 1. The van der Waals surface area contributed by atoms with Gasteiger partial charge in [0.1, 0.15) is 0 Å². The summed E-state index contributed by atoms with van der Waals surface area (Å²) < 4.78 is 0. The number of nitro benzene ring substituents is 1. The zero-order chi connectivity index (χ0) is 12.7. The van der Waals surface area contributed by atoms with Gasteiger partial charge in [0.05, 0.1) is 4.92 Å². The maximum Gasteiger partial charge on any atom is 0.270 e. The number of nitrogens with one attached hydrogen (secondary N) is 1. The number of hydrogen-bond acceptors (Lipinski definition) is 2. The molecule has 0 spiro atoms. The second kappa shape index (κ2) is 3.84. The van der Waals surface area contributed by atoms with Crippen molar-refractivity contribution in [3.63, 3.8) is 0 Å². The minimum Gasteiger partial charge on any atom is -0.354 e. The number of nitrogens with zero attached hydrogens (tertiary/aromatic N) is 1. The van der Waals surface area contributed by atoms with Crippen molar-refractivity contribution in [3.8, 4) is 0 Å². The Morgan fingerprint density at radius 3 is 2.78 bits per heavy atom. The van der Waals surface area contributed by atoms with Crippen molar-refractivity contribution in [2.24, 2.45) is 0 Å². The fraction of sp³-hybridized carbons (Fsp3) is 0.143. The molecule has 0 aliphatic carbocycles. The molecule has 0 saturated heterocycles. The number of fused-ring (bicyclic) bond motifs is 3. The van der Waals surface area contributed by atoms with Crippen LogP contribution in [0.15, 0.2) is 36.4 Å². The van der Waals surface area contributed by atoms with Crippen LogP contribution in [0.2, 0.25) is 0 Å². The summed E-state index contributed by atoms with van der Waals surface area (Å²) in [5.41, 5.74) is 3.38. The third-order valence-corrected chi connectivity index (χ3v) is 3.30. The molecule has 0 radical (unpaired) electrons. The zero-order valence-corrected chi connectivity index (χ0v) is 9.93. The van der Waals surface area contributed by atoms with E-state index in [0.29, 0.717) is 0 Å². The molecule has 0 fully saturated rings. The highest BCUT2D eigenvalue weighted by molar-refractivity contribution is 6.08. The zero-order valence-electron chi connectivity index (χ0n) is 9.93. The van der Waals surface area contributed by atoms with Gasteiger partial charge in [-0.05, 0) is 18.1 Å². The largest absolute Gasteiger partial charge is 0.354 e. The number of hydrogen-bond donors (Lipinski definition) is 1. The first kappa shape index (κ1) is 10.8. The third kappa shape index (κ3) is 1.46. The third-order valence-electron chi connectivity index (χ3n) is 3.30. The van der Waals surface area contributed by atoms with E-state index in [0.717, 1.165) is 28.2 Å². The molecule has 0 unspecified atom stereocenters. The Balaban J connectivity index is 2.41. The second-order valence-electron chi connectivity index (χ2n) is 4.31. The molecule has 1 aromatic heterocycles. The van der Waals surface area contributed by atoms with E-state index in [4.69, 9.17) is 0 Å². The Morgan fingerprint density at radius 1 is 1.22 bits per heavy atom. The van der Waals surface area contributed by atoms with Gasteiger partial charge >= 0.3 is 0 Å². The Kier molecular flexibility index (Phi) is 2.30. The van der Waals surface area contributed by atoms with Gasteiger partial charge in [-0.25, -0.2) is 0 Å². The number of nitro groups is 1. The molecule has 18 heavy (non-hydrogen) atoms. The maximum atomic E-state index is 10.8. The van der Waals surface area contributed by atoms with E-state index in [2.05, 4.69) is 18.0 Å². The van der Waals surface area contributed by atoms with Crippen LogP contribution in [0, 0.1) is 10.1 Å². The monoisotopic (exact) mass is 240 g/mol. The van der Waals surface area contributed by atoms with Gasteiger partial charge in [-0.3, -0.25) is 10.1 Å². The minimum absolute atomic E-state index is 0.130. The standard InChI is InChI=1S/C14H12N2O2/c1-2-9-4-3-5-11-12-8-10(16(17)18)6-7-13(12)15-14(9)11/h3-8,15H,2H2,1H3. The lowest BCUT2D eigenvalue weighted by atomic mass is 10.1.